The van der Waals surface area contributed by atoms with Crippen LogP contribution in [0.4, 0.5) is 18.9 Å². The molecule has 4 aromatic rings. The lowest BCUT2D eigenvalue weighted by molar-refractivity contribution is -0.136. The van der Waals surface area contributed by atoms with Gasteiger partial charge in [-0.15, -0.1) is 0 Å². The molecule has 0 radical (unpaired) electrons. The van der Waals surface area contributed by atoms with Crippen LogP contribution in [0.1, 0.15) is 16.7 Å². The Morgan fingerprint density at radius 2 is 1.64 bits per heavy atom. The van der Waals surface area contributed by atoms with E-state index in [1.165, 1.54) is 6.07 Å². The third-order valence-corrected chi connectivity index (χ3v) is 6.20. The molecule has 0 unspecified atom stereocenters. The van der Waals surface area contributed by atoms with Crippen LogP contribution >= 0.6 is 0 Å². The number of nitrogens with one attached hydrogen (secondary N) is 1. The van der Waals surface area contributed by atoms with E-state index in [1.807, 2.05) is 36.4 Å². The SMILES string of the molecule is N#Cc1cnc2c(C(F)(F)F)cccc2c1NS(=O)(=O)Cc1cccc(-c2ccccc2)c1. The molecule has 166 valence electrons. The van der Waals surface area contributed by atoms with Crippen molar-refractivity contribution in [1.29, 1.82) is 5.26 Å². The standard InChI is InChI=1S/C24H16F3N3O2S/c25-24(26,27)21-11-5-10-20-22(19(13-28)14-29-23(20)21)30-33(31,32)15-16-6-4-9-18(12-16)17-7-2-1-3-8-17/h1-12,14H,15H2,(H,29,30). The van der Waals surface area contributed by atoms with Gasteiger partial charge in [-0.1, -0.05) is 66.7 Å². The van der Waals surface area contributed by atoms with Gasteiger partial charge >= 0.3 is 6.18 Å². The first kappa shape index (κ1) is 22.3. The van der Waals surface area contributed by atoms with Crippen LogP contribution in [0.3, 0.4) is 0 Å². The zero-order valence-corrected chi connectivity index (χ0v) is 17.8. The molecule has 0 aliphatic rings. The maximum Gasteiger partial charge on any atom is 0.418 e. The largest absolute Gasteiger partial charge is 0.418 e. The molecule has 9 heteroatoms. The lowest BCUT2D eigenvalue weighted by Gasteiger charge is -2.15. The molecular weight excluding hydrogens is 451 g/mol. The number of fused-ring (bicyclic) bond motifs is 1. The Morgan fingerprint density at radius 1 is 0.939 bits per heavy atom. The number of benzene rings is 3. The van der Waals surface area contributed by atoms with Gasteiger partial charge in [-0.05, 0) is 22.8 Å². The molecule has 0 atom stereocenters. The Balaban J connectivity index is 1.72. The molecular formula is C24H16F3N3O2S. The molecule has 0 amide bonds. The number of hydrogen-bond acceptors (Lipinski definition) is 4. The summed E-state index contributed by atoms with van der Waals surface area (Å²) in [5.41, 5.74) is 0.364. The van der Waals surface area contributed by atoms with Crippen molar-refractivity contribution in [1.82, 2.24) is 4.98 Å². The molecule has 0 fully saturated rings. The molecule has 33 heavy (non-hydrogen) atoms. The van der Waals surface area contributed by atoms with Gasteiger partial charge in [0, 0.05) is 11.6 Å². The molecule has 1 aromatic heterocycles. The Hall–Kier alpha value is -3.90. The van der Waals surface area contributed by atoms with Crippen molar-refractivity contribution in [2.45, 2.75) is 11.9 Å². The highest BCUT2D eigenvalue weighted by molar-refractivity contribution is 7.91. The van der Waals surface area contributed by atoms with E-state index in [9.17, 15) is 26.9 Å². The molecule has 3 aromatic carbocycles. The smallest absolute Gasteiger partial charge is 0.281 e. The first-order valence-electron chi connectivity index (χ1n) is 9.72. The third-order valence-electron chi connectivity index (χ3n) is 4.97. The molecule has 1 heterocycles. The van der Waals surface area contributed by atoms with Gasteiger partial charge in [0.2, 0.25) is 10.0 Å². The minimum atomic E-state index is -4.69. The summed E-state index contributed by atoms with van der Waals surface area (Å²) in [6.07, 6.45) is -3.75. The quantitative estimate of drug-likeness (QED) is 0.406. The molecule has 1 N–H and O–H groups in total. The number of nitrogens with zero attached hydrogens (tertiary/aromatic N) is 2. The predicted octanol–water partition coefficient (Wildman–Crippen LogP) is 5.73. The number of pyridine rings is 1. The van der Waals surface area contributed by atoms with Gasteiger partial charge in [-0.2, -0.15) is 18.4 Å². The van der Waals surface area contributed by atoms with Crippen LogP contribution in [0.15, 0.2) is 79.0 Å². The summed E-state index contributed by atoms with van der Waals surface area (Å²) < 4.78 is 68.4. The molecule has 0 aliphatic carbocycles. The van der Waals surface area contributed by atoms with E-state index < -0.39 is 33.0 Å². The van der Waals surface area contributed by atoms with Gasteiger partial charge in [0.15, 0.2) is 0 Å². The number of nitriles is 1. The molecule has 0 saturated carbocycles. The van der Waals surface area contributed by atoms with Crippen LogP contribution < -0.4 is 4.72 Å². The number of anilines is 1. The highest BCUT2D eigenvalue weighted by atomic mass is 32.2. The Labute approximate surface area is 188 Å². The van der Waals surface area contributed by atoms with E-state index in [-0.39, 0.29) is 16.6 Å². The van der Waals surface area contributed by atoms with E-state index >= 15 is 0 Å². The number of halogens is 3. The summed E-state index contributed by atoms with van der Waals surface area (Å²) in [5, 5.41) is 9.30. The van der Waals surface area contributed by atoms with Crippen molar-refractivity contribution in [3.8, 4) is 17.2 Å². The van der Waals surface area contributed by atoms with Crippen molar-refractivity contribution in [3.05, 3.63) is 95.7 Å². The normalized spacial score (nSPS) is 11.8. The zero-order chi connectivity index (χ0) is 23.6. The number of sulfonamides is 1. The summed E-state index contributed by atoms with van der Waals surface area (Å²) in [6.45, 7) is 0. The number of para-hydroxylation sites is 1. The molecule has 0 aliphatic heterocycles. The fourth-order valence-corrected chi connectivity index (χ4v) is 4.75. The lowest BCUT2D eigenvalue weighted by Crippen LogP contribution is -2.17. The molecule has 0 bridgehead atoms. The van der Waals surface area contributed by atoms with Crippen molar-refractivity contribution in [3.63, 3.8) is 0 Å². The van der Waals surface area contributed by atoms with E-state index in [1.54, 1.807) is 24.3 Å². The van der Waals surface area contributed by atoms with Crippen molar-refractivity contribution in [2.75, 3.05) is 4.72 Å². The van der Waals surface area contributed by atoms with E-state index in [2.05, 4.69) is 9.71 Å². The second-order valence-corrected chi connectivity index (χ2v) is 9.01. The number of hydrogen-bond donors (Lipinski definition) is 1. The number of alkyl halides is 3. The minimum absolute atomic E-state index is 0.106. The van der Waals surface area contributed by atoms with Crippen LogP contribution in [-0.4, -0.2) is 13.4 Å². The Kier molecular flexibility index (Phi) is 5.78. The van der Waals surface area contributed by atoms with E-state index in [4.69, 9.17) is 0 Å². The summed E-state index contributed by atoms with van der Waals surface area (Å²) in [5.74, 6) is -0.429. The lowest BCUT2D eigenvalue weighted by atomic mass is 10.0. The van der Waals surface area contributed by atoms with Crippen molar-refractivity contribution >= 4 is 26.6 Å². The van der Waals surface area contributed by atoms with Crippen LogP contribution in [0.25, 0.3) is 22.0 Å². The van der Waals surface area contributed by atoms with Gasteiger partial charge in [0.25, 0.3) is 0 Å². The monoisotopic (exact) mass is 467 g/mol. The topological polar surface area (TPSA) is 82.8 Å². The van der Waals surface area contributed by atoms with Gasteiger partial charge in [0.1, 0.15) is 6.07 Å². The summed E-state index contributed by atoms with van der Waals surface area (Å²) in [6, 6.07) is 21.4. The minimum Gasteiger partial charge on any atom is -0.281 e. The summed E-state index contributed by atoms with van der Waals surface area (Å²) in [4.78, 5) is 3.76. The summed E-state index contributed by atoms with van der Waals surface area (Å²) >= 11 is 0. The molecule has 4 rings (SSSR count). The Morgan fingerprint density at radius 3 is 2.33 bits per heavy atom. The van der Waals surface area contributed by atoms with E-state index in [0.29, 0.717) is 5.56 Å². The number of rotatable bonds is 5. The zero-order valence-electron chi connectivity index (χ0n) is 17.0. The first-order chi connectivity index (χ1) is 15.7. The second-order valence-electron chi connectivity index (χ2n) is 7.29. The highest BCUT2D eigenvalue weighted by Gasteiger charge is 2.34. The third kappa shape index (κ3) is 4.81. The predicted molar refractivity (Wildman–Crippen MR) is 120 cm³/mol. The molecule has 5 nitrogen and oxygen atoms in total. The highest BCUT2D eigenvalue weighted by Crippen LogP contribution is 2.37. The number of aromatic nitrogens is 1. The van der Waals surface area contributed by atoms with Gasteiger partial charge in [-0.25, -0.2) is 8.42 Å². The maximum absolute atomic E-state index is 13.4. The van der Waals surface area contributed by atoms with Gasteiger partial charge in [-0.3, -0.25) is 9.71 Å². The Bertz CT molecular complexity index is 1480. The van der Waals surface area contributed by atoms with Gasteiger partial charge < -0.3 is 0 Å². The average Bonchev–Trinajstić information content (AvgIpc) is 2.78. The molecule has 0 spiro atoms. The van der Waals surface area contributed by atoms with Crippen LogP contribution in [0.5, 0.6) is 0 Å². The van der Waals surface area contributed by atoms with Crippen LogP contribution in [-0.2, 0) is 22.0 Å². The second kappa shape index (κ2) is 8.56. The van der Waals surface area contributed by atoms with Gasteiger partial charge in [0.05, 0.1) is 28.1 Å². The maximum atomic E-state index is 13.4. The van der Waals surface area contributed by atoms with Crippen molar-refractivity contribution in [2.24, 2.45) is 0 Å². The first-order valence-corrected chi connectivity index (χ1v) is 11.4. The van der Waals surface area contributed by atoms with Crippen LogP contribution in [0, 0.1) is 11.3 Å². The van der Waals surface area contributed by atoms with Crippen molar-refractivity contribution < 1.29 is 21.6 Å². The summed E-state index contributed by atoms with van der Waals surface area (Å²) in [7, 11) is -4.07. The van der Waals surface area contributed by atoms with E-state index in [0.717, 1.165) is 29.5 Å². The van der Waals surface area contributed by atoms with Crippen LogP contribution in [0.2, 0.25) is 0 Å². The fourth-order valence-electron chi connectivity index (χ4n) is 3.53. The fraction of sp³-hybridized carbons (Fsp3) is 0.0833. The average molecular weight is 467 g/mol. The molecule has 0 saturated heterocycles.